The van der Waals surface area contributed by atoms with Gasteiger partial charge in [-0.15, -0.1) is 0 Å². The van der Waals surface area contributed by atoms with Gasteiger partial charge in [-0.05, 0) is 30.9 Å². The van der Waals surface area contributed by atoms with Crippen molar-refractivity contribution in [1.82, 2.24) is 19.4 Å². The fourth-order valence-corrected chi connectivity index (χ4v) is 2.62. The van der Waals surface area contributed by atoms with Crippen molar-refractivity contribution in [3.8, 4) is 5.82 Å². The van der Waals surface area contributed by atoms with E-state index in [2.05, 4.69) is 16.9 Å². The average Bonchev–Trinajstić information content (AvgIpc) is 3.01. The monoisotopic (exact) mass is 270 g/mol. The Hall–Kier alpha value is -2.17. The van der Waals surface area contributed by atoms with Crippen molar-refractivity contribution in [2.24, 2.45) is 5.92 Å². The standard InChI is InChI=1S/C15H18N4O/c1-12-3-2-7-18(10-12)15(20)13-4-5-14(17-9-13)19-8-6-16-11-19/h4-6,8-9,11-12H,2-3,7,10H2,1H3. The topological polar surface area (TPSA) is 51.0 Å². The Labute approximate surface area is 118 Å². The summed E-state index contributed by atoms with van der Waals surface area (Å²) in [6, 6.07) is 3.69. The van der Waals surface area contributed by atoms with Crippen LogP contribution in [-0.2, 0) is 0 Å². The van der Waals surface area contributed by atoms with Crippen LogP contribution in [0.2, 0.25) is 0 Å². The van der Waals surface area contributed by atoms with Crippen molar-refractivity contribution in [3.63, 3.8) is 0 Å². The lowest BCUT2D eigenvalue weighted by Crippen LogP contribution is -2.39. The molecule has 1 aliphatic rings. The van der Waals surface area contributed by atoms with Gasteiger partial charge < -0.3 is 4.90 Å². The number of hydrogen-bond donors (Lipinski definition) is 0. The smallest absolute Gasteiger partial charge is 0.255 e. The molecule has 1 atom stereocenters. The van der Waals surface area contributed by atoms with Gasteiger partial charge in [0.1, 0.15) is 12.1 Å². The van der Waals surface area contributed by atoms with Crippen LogP contribution in [0.4, 0.5) is 0 Å². The van der Waals surface area contributed by atoms with E-state index in [0.29, 0.717) is 11.5 Å². The maximum atomic E-state index is 12.4. The predicted octanol–water partition coefficient (Wildman–Crippen LogP) is 2.14. The first-order valence-corrected chi connectivity index (χ1v) is 6.97. The second-order valence-corrected chi connectivity index (χ2v) is 5.37. The molecule has 5 nitrogen and oxygen atoms in total. The average molecular weight is 270 g/mol. The maximum Gasteiger partial charge on any atom is 0.255 e. The molecule has 1 saturated heterocycles. The van der Waals surface area contributed by atoms with Crippen molar-refractivity contribution in [2.75, 3.05) is 13.1 Å². The lowest BCUT2D eigenvalue weighted by Gasteiger charge is -2.30. The van der Waals surface area contributed by atoms with Crippen molar-refractivity contribution < 1.29 is 4.79 Å². The van der Waals surface area contributed by atoms with E-state index in [1.165, 1.54) is 6.42 Å². The number of amides is 1. The van der Waals surface area contributed by atoms with Crippen molar-refractivity contribution in [2.45, 2.75) is 19.8 Å². The molecule has 1 aliphatic heterocycles. The number of carbonyl (C=O) groups excluding carboxylic acids is 1. The van der Waals surface area contributed by atoms with E-state index in [4.69, 9.17) is 0 Å². The molecule has 1 unspecified atom stereocenters. The number of carbonyl (C=O) groups is 1. The van der Waals surface area contributed by atoms with Gasteiger partial charge in [-0.25, -0.2) is 9.97 Å². The number of imidazole rings is 1. The molecule has 0 radical (unpaired) electrons. The minimum atomic E-state index is 0.0845. The zero-order chi connectivity index (χ0) is 13.9. The van der Waals surface area contributed by atoms with Gasteiger partial charge >= 0.3 is 0 Å². The minimum absolute atomic E-state index is 0.0845. The number of hydrogen-bond acceptors (Lipinski definition) is 3. The molecule has 3 heterocycles. The van der Waals surface area contributed by atoms with Crippen LogP contribution in [0.15, 0.2) is 37.1 Å². The van der Waals surface area contributed by atoms with Crippen LogP contribution in [0.25, 0.3) is 5.82 Å². The van der Waals surface area contributed by atoms with E-state index in [0.717, 1.165) is 25.3 Å². The zero-order valence-corrected chi connectivity index (χ0v) is 11.6. The van der Waals surface area contributed by atoms with Gasteiger partial charge in [-0.1, -0.05) is 6.92 Å². The molecular weight excluding hydrogens is 252 g/mol. The number of aromatic nitrogens is 3. The summed E-state index contributed by atoms with van der Waals surface area (Å²) in [7, 11) is 0. The molecule has 0 spiro atoms. The summed E-state index contributed by atoms with van der Waals surface area (Å²) in [6.45, 7) is 3.90. The Morgan fingerprint density at radius 1 is 1.40 bits per heavy atom. The van der Waals surface area contributed by atoms with E-state index in [1.54, 1.807) is 18.7 Å². The molecule has 0 saturated carbocycles. The van der Waals surface area contributed by atoms with Crippen molar-refractivity contribution >= 4 is 5.91 Å². The number of likely N-dealkylation sites (tertiary alicyclic amines) is 1. The van der Waals surface area contributed by atoms with Crippen LogP contribution in [0.3, 0.4) is 0 Å². The molecule has 0 aromatic carbocycles. The van der Waals surface area contributed by atoms with Gasteiger partial charge in [-0.3, -0.25) is 9.36 Å². The maximum absolute atomic E-state index is 12.4. The van der Waals surface area contributed by atoms with Crippen LogP contribution in [0.1, 0.15) is 30.1 Å². The molecule has 1 fully saturated rings. The summed E-state index contributed by atoms with van der Waals surface area (Å²) in [5, 5.41) is 0. The predicted molar refractivity (Wildman–Crippen MR) is 75.7 cm³/mol. The van der Waals surface area contributed by atoms with Crippen LogP contribution in [-0.4, -0.2) is 38.4 Å². The molecule has 0 bridgehead atoms. The molecule has 20 heavy (non-hydrogen) atoms. The number of rotatable bonds is 2. The molecule has 104 valence electrons. The van der Waals surface area contributed by atoms with Gasteiger partial charge in [0, 0.05) is 31.7 Å². The summed E-state index contributed by atoms with van der Waals surface area (Å²) in [5.41, 5.74) is 0.656. The SMILES string of the molecule is CC1CCCN(C(=O)c2ccc(-n3ccnc3)nc2)C1. The van der Waals surface area contributed by atoms with Gasteiger partial charge in [-0.2, -0.15) is 0 Å². The minimum Gasteiger partial charge on any atom is -0.338 e. The third-order valence-electron chi connectivity index (χ3n) is 3.71. The number of piperidine rings is 1. The highest BCUT2D eigenvalue weighted by Gasteiger charge is 2.22. The Kier molecular flexibility index (Phi) is 3.50. The highest BCUT2D eigenvalue weighted by molar-refractivity contribution is 5.94. The summed E-state index contributed by atoms with van der Waals surface area (Å²) in [5.74, 6) is 1.44. The van der Waals surface area contributed by atoms with Gasteiger partial charge in [0.2, 0.25) is 0 Å². The third-order valence-corrected chi connectivity index (χ3v) is 3.71. The zero-order valence-electron chi connectivity index (χ0n) is 11.6. The van der Waals surface area contributed by atoms with Crippen LogP contribution < -0.4 is 0 Å². The van der Waals surface area contributed by atoms with E-state index in [-0.39, 0.29) is 5.91 Å². The second-order valence-electron chi connectivity index (χ2n) is 5.37. The molecule has 2 aromatic heterocycles. The van der Waals surface area contributed by atoms with Crippen LogP contribution in [0, 0.1) is 5.92 Å². The first kappa shape index (κ1) is 12.8. The summed E-state index contributed by atoms with van der Waals surface area (Å²) in [4.78, 5) is 22.7. The van der Waals surface area contributed by atoms with E-state index >= 15 is 0 Å². The fourth-order valence-electron chi connectivity index (χ4n) is 2.62. The first-order valence-electron chi connectivity index (χ1n) is 6.97. The Balaban J connectivity index is 1.75. The molecule has 0 N–H and O–H groups in total. The lowest BCUT2D eigenvalue weighted by atomic mass is 10.00. The number of pyridine rings is 1. The first-order chi connectivity index (χ1) is 9.74. The highest BCUT2D eigenvalue weighted by Crippen LogP contribution is 2.18. The Morgan fingerprint density at radius 3 is 2.95 bits per heavy atom. The summed E-state index contributed by atoms with van der Waals surface area (Å²) >= 11 is 0. The largest absolute Gasteiger partial charge is 0.338 e. The van der Waals surface area contributed by atoms with E-state index < -0.39 is 0 Å². The number of nitrogens with zero attached hydrogens (tertiary/aromatic N) is 4. The Morgan fingerprint density at radius 2 is 2.30 bits per heavy atom. The Bertz CT molecular complexity index is 576. The molecule has 5 heteroatoms. The second kappa shape index (κ2) is 5.45. The van der Waals surface area contributed by atoms with Gasteiger partial charge in [0.05, 0.1) is 5.56 Å². The molecule has 2 aromatic rings. The summed E-state index contributed by atoms with van der Waals surface area (Å²) < 4.78 is 1.82. The van der Waals surface area contributed by atoms with Gasteiger partial charge in [0.15, 0.2) is 0 Å². The fraction of sp³-hybridized carbons (Fsp3) is 0.400. The van der Waals surface area contributed by atoms with E-state index in [1.807, 2.05) is 27.8 Å². The van der Waals surface area contributed by atoms with Gasteiger partial charge in [0.25, 0.3) is 5.91 Å². The van der Waals surface area contributed by atoms with Crippen molar-refractivity contribution in [1.29, 1.82) is 0 Å². The van der Waals surface area contributed by atoms with E-state index in [9.17, 15) is 4.79 Å². The molecular formula is C15H18N4O. The molecule has 1 amide bonds. The summed E-state index contributed by atoms with van der Waals surface area (Å²) in [6.07, 6.45) is 9.17. The highest BCUT2D eigenvalue weighted by atomic mass is 16.2. The molecule has 0 aliphatic carbocycles. The van der Waals surface area contributed by atoms with Crippen LogP contribution >= 0.6 is 0 Å². The van der Waals surface area contributed by atoms with Crippen molar-refractivity contribution in [3.05, 3.63) is 42.6 Å². The molecule has 3 rings (SSSR count). The lowest BCUT2D eigenvalue weighted by molar-refractivity contribution is 0.0682. The normalized spacial score (nSPS) is 19.1. The quantitative estimate of drug-likeness (QED) is 0.840. The van der Waals surface area contributed by atoms with Crippen LogP contribution in [0.5, 0.6) is 0 Å². The third kappa shape index (κ3) is 2.57.